The number of aliphatic carboxylic acids is 2. The number of nitrogens with zero attached hydrogens (tertiary/aromatic N) is 4. The van der Waals surface area contributed by atoms with Crippen LogP contribution in [0.5, 0.6) is 5.75 Å². The van der Waals surface area contributed by atoms with Crippen LogP contribution in [-0.2, 0) is 40.9 Å². The number of rotatable bonds is 19. The number of imidazole rings is 1. The summed E-state index contributed by atoms with van der Waals surface area (Å²) in [6, 6.07) is 12.2. The van der Waals surface area contributed by atoms with E-state index in [1.807, 2.05) is 37.3 Å². The molecule has 3 heterocycles. The Balaban J connectivity index is 0.000000233. The summed E-state index contributed by atoms with van der Waals surface area (Å²) in [6.45, 7) is 4.16. The Bertz CT molecular complexity index is 2580. The Morgan fingerprint density at radius 2 is 1.68 bits per heavy atom. The third kappa shape index (κ3) is 17.0. The van der Waals surface area contributed by atoms with E-state index >= 15 is 0 Å². The molecule has 0 radical (unpaired) electrons. The number of carboxylic acids is 2. The average Bonchev–Trinajstić information content (AvgIpc) is 4.02. The van der Waals surface area contributed by atoms with Crippen LogP contribution in [0.25, 0.3) is 0 Å². The third-order valence-electron chi connectivity index (χ3n) is 10.6. The van der Waals surface area contributed by atoms with Gasteiger partial charge in [-0.05, 0) is 81.3 Å². The molecule has 2 aliphatic heterocycles. The summed E-state index contributed by atoms with van der Waals surface area (Å²) in [7, 11) is -7.80. The molecule has 1 fully saturated rings. The minimum atomic E-state index is -4.07. The molecule has 1 aromatic heterocycles. The zero-order chi connectivity index (χ0) is 50.9. The first-order chi connectivity index (χ1) is 32.7. The molecule has 2 amide bonds. The van der Waals surface area contributed by atoms with Crippen LogP contribution in [0.4, 0.5) is 10.5 Å². The molecular weight excluding hydrogens is 1020 g/mol. The molecule has 20 nitrogen and oxygen atoms in total. The fourth-order valence-electron chi connectivity index (χ4n) is 7.19. The number of carboxylic acid groups (broad SMARTS) is 2. The first-order valence-corrected chi connectivity index (χ1v) is 26.1. The van der Waals surface area contributed by atoms with E-state index in [4.69, 9.17) is 62.0 Å². The number of hydrogen-bond acceptors (Lipinski definition) is 13. The van der Waals surface area contributed by atoms with E-state index in [0.29, 0.717) is 85.5 Å². The van der Waals surface area contributed by atoms with Gasteiger partial charge in [0.15, 0.2) is 5.75 Å². The lowest BCUT2D eigenvalue weighted by Crippen LogP contribution is -2.54. The molecule has 3 atom stereocenters. The maximum Gasteiger partial charge on any atom is 0.329 e. The Labute approximate surface area is 420 Å². The van der Waals surface area contributed by atoms with Crippen molar-refractivity contribution in [2.45, 2.75) is 86.2 Å². The van der Waals surface area contributed by atoms with Crippen molar-refractivity contribution in [3.8, 4) is 5.75 Å². The number of fused-ring (bicyclic) bond motifs is 1. The van der Waals surface area contributed by atoms with Gasteiger partial charge in [0.25, 0.3) is 0 Å². The summed E-state index contributed by atoms with van der Waals surface area (Å²) < 4.78 is 54.9. The van der Waals surface area contributed by atoms with Gasteiger partial charge < -0.3 is 35.8 Å². The standard InChI is InChI=1S/C21H31N3O5.C15H16Cl3N3O2.C7H8ClN3O4S2/c22-13-5-4-9-16(19(25)24-14-6-10-18(24)21(28)29)23-17(20(26)27)12-11-15-7-2-1-3-8-15;1-2-4-20(15(22)21-5-3-19-10-21)6-7-23-14-12(17)8-11(16)9-13(14)18;8-4-1-5-7(2-6(4)16(9,12)13)17(14,15)11-3-10-5/h1-3,7-8,16-18,23H,4-6,9-14,22H2,(H,26,27)(H,28,29);3,5,8-10H,2,4,6-7H2,1H3;1-2,10-11H,3H2,(H2,9,12,13)/t16-,17-,18-;;/m0../s1. The van der Waals surface area contributed by atoms with Crippen molar-refractivity contribution in [2.75, 3.05) is 44.8 Å². The molecule has 6 rings (SSSR count). The van der Waals surface area contributed by atoms with Gasteiger partial charge in [0.1, 0.15) is 34.8 Å². The Morgan fingerprint density at radius 1 is 0.986 bits per heavy atom. The molecule has 0 spiro atoms. The summed E-state index contributed by atoms with van der Waals surface area (Å²) >= 11 is 23.7. The van der Waals surface area contributed by atoms with Crippen LogP contribution in [0, 0.1) is 0 Å². The van der Waals surface area contributed by atoms with Crippen molar-refractivity contribution in [2.24, 2.45) is 10.9 Å². The van der Waals surface area contributed by atoms with Gasteiger partial charge in [0.05, 0.1) is 40.0 Å². The molecule has 4 aromatic rings. The summed E-state index contributed by atoms with van der Waals surface area (Å²) in [4.78, 5) is 55.0. The van der Waals surface area contributed by atoms with Crippen LogP contribution in [-0.4, -0.2) is 128 Å². The SMILES string of the molecule is CCCN(CCOc1c(Cl)cc(Cl)cc1Cl)C(=O)n1ccnc1.NCCCC[C@H](N[C@@H](CCc1ccccc1)C(=O)O)C(=O)N1CCC[C@H]1C(=O)O.NS(=O)(=O)c1cc2c(cc1Cl)NCNS2(=O)=O. The van der Waals surface area contributed by atoms with Crippen LogP contribution in [0.2, 0.25) is 20.1 Å². The number of aryl methyl sites for hydroxylation is 1. The quantitative estimate of drug-likeness (QED) is 0.0572. The molecule has 26 heteroatoms. The van der Waals surface area contributed by atoms with Crippen LogP contribution in [0.1, 0.15) is 57.4 Å². The maximum absolute atomic E-state index is 13.1. The number of nitrogens with two attached hydrogens (primary N) is 2. The second-order valence-corrected chi connectivity index (χ2v) is 20.5. The van der Waals surface area contributed by atoms with Crippen molar-refractivity contribution in [1.82, 2.24) is 29.4 Å². The highest BCUT2D eigenvalue weighted by atomic mass is 35.5. The second-order valence-electron chi connectivity index (χ2n) is 15.6. The molecule has 9 N–H and O–H groups in total. The number of primary sulfonamides is 1. The minimum Gasteiger partial charge on any atom is -0.489 e. The van der Waals surface area contributed by atoms with E-state index in [9.17, 15) is 46.2 Å². The molecular formula is C43H55Cl4N9O11S2. The van der Waals surface area contributed by atoms with Crippen molar-refractivity contribution < 1.29 is 51.0 Å². The van der Waals surface area contributed by atoms with Crippen molar-refractivity contribution >= 4 is 96.0 Å². The lowest BCUT2D eigenvalue weighted by molar-refractivity contribution is -0.149. The summed E-state index contributed by atoms with van der Waals surface area (Å²) in [5.41, 5.74) is 6.81. The summed E-state index contributed by atoms with van der Waals surface area (Å²) in [5.74, 6) is -2.01. The molecule has 1 saturated heterocycles. The molecule has 0 saturated carbocycles. The Hall–Kier alpha value is -4.75. The van der Waals surface area contributed by atoms with E-state index < -0.39 is 55.0 Å². The normalized spacial score (nSPS) is 15.8. The lowest BCUT2D eigenvalue weighted by atomic mass is 10.0. The number of amides is 2. The Kier molecular flexibility index (Phi) is 22.3. The van der Waals surface area contributed by atoms with E-state index in [2.05, 4.69) is 20.3 Å². The average molecular weight is 1080 g/mol. The number of halogens is 4. The number of nitrogens with one attached hydrogen (secondary N) is 3. The number of benzene rings is 3. The van der Waals surface area contributed by atoms with Crippen LogP contribution >= 0.6 is 46.4 Å². The number of carbonyl (C=O) groups excluding carboxylic acids is 2. The van der Waals surface area contributed by atoms with Crippen molar-refractivity contribution in [3.63, 3.8) is 0 Å². The second kappa shape index (κ2) is 27.0. The highest BCUT2D eigenvalue weighted by Gasteiger charge is 2.38. The first kappa shape index (κ1) is 56.8. The number of unbranched alkanes of at least 4 members (excludes halogenated alkanes) is 1. The number of ether oxygens (including phenoxy) is 1. The van der Waals surface area contributed by atoms with Gasteiger partial charge in [-0.25, -0.2) is 36.5 Å². The number of carbonyl (C=O) groups is 4. The molecule has 3 aromatic carbocycles. The lowest BCUT2D eigenvalue weighted by Gasteiger charge is -2.29. The number of likely N-dealkylation sites (tertiary alicyclic amines) is 1. The van der Waals surface area contributed by atoms with Gasteiger partial charge in [-0.3, -0.25) is 19.5 Å². The monoisotopic (exact) mass is 1080 g/mol. The largest absolute Gasteiger partial charge is 0.489 e. The van der Waals surface area contributed by atoms with Crippen LogP contribution in [0.15, 0.2) is 83.1 Å². The van der Waals surface area contributed by atoms with E-state index in [1.165, 1.54) is 21.9 Å². The first-order valence-electron chi connectivity index (χ1n) is 21.6. The predicted molar refractivity (Wildman–Crippen MR) is 262 cm³/mol. The molecule has 0 aliphatic carbocycles. The summed E-state index contributed by atoms with van der Waals surface area (Å²) in [5, 5.41) is 30.7. The zero-order valence-corrected chi connectivity index (χ0v) is 42.1. The van der Waals surface area contributed by atoms with Gasteiger partial charge in [-0.15, -0.1) is 0 Å². The molecule has 0 bridgehead atoms. The highest BCUT2D eigenvalue weighted by molar-refractivity contribution is 7.90. The molecule has 0 unspecified atom stereocenters. The van der Waals surface area contributed by atoms with Crippen molar-refractivity contribution in [1.29, 1.82) is 0 Å². The minimum absolute atomic E-state index is 0.0143. The van der Waals surface area contributed by atoms with Gasteiger partial charge >= 0.3 is 18.0 Å². The van der Waals surface area contributed by atoms with E-state index in [1.54, 1.807) is 29.4 Å². The van der Waals surface area contributed by atoms with E-state index in [0.717, 1.165) is 24.5 Å². The number of sulfonamides is 2. The molecule has 2 aliphatic rings. The zero-order valence-electron chi connectivity index (χ0n) is 37.4. The maximum atomic E-state index is 13.1. The molecule has 69 heavy (non-hydrogen) atoms. The van der Waals surface area contributed by atoms with E-state index in [-0.39, 0.29) is 40.8 Å². The summed E-state index contributed by atoms with van der Waals surface area (Å²) in [6.07, 6.45) is 9.24. The number of aromatic nitrogens is 2. The predicted octanol–water partition coefficient (Wildman–Crippen LogP) is 5.49. The fourth-order valence-corrected chi connectivity index (χ4v) is 10.4. The Morgan fingerprint density at radius 3 is 2.28 bits per heavy atom. The fraction of sp³-hybridized carbons (Fsp3) is 0.419. The smallest absolute Gasteiger partial charge is 0.329 e. The van der Waals surface area contributed by atoms with Crippen LogP contribution in [0.3, 0.4) is 0 Å². The topological polar surface area (TPSA) is 299 Å². The van der Waals surface area contributed by atoms with Gasteiger partial charge in [0, 0.05) is 30.5 Å². The van der Waals surface area contributed by atoms with Gasteiger partial charge in [0.2, 0.25) is 26.0 Å². The van der Waals surface area contributed by atoms with Crippen molar-refractivity contribution in [3.05, 3.63) is 99.0 Å². The van der Waals surface area contributed by atoms with Gasteiger partial charge in [-0.1, -0.05) is 90.1 Å². The molecule has 378 valence electrons. The van der Waals surface area contributed by atoms with Crippen LogP contribution < -0.4 is 31.0 Å². The third-order valence-corrected chi connectivity index (χ3v) is 14.2. The highest BCUT2D eigenvalue weighted by Crippen LogP contribution is 2.36. The van der Waals surface area contributed by atoms with Gasteiger partial charge in [-0.2, -0.15) is 4.72 Å². The number of anilines is 1. The number of hydrogen-bond donors (Lipinski definition) is 7.